The maximum atomic E-state index is 11.6. The number of hydroxylamine groups is 2. The highest BCUT2D eigenvalue weighted by Gasteiger charge is 2.19. The predicted octanol–water partition coefficient (Wildman–Crippen LogP) is 1.79. The van der Waals surface area contributed by atoms with Gasteiger partial charge in [0.2, 0.25) is 0 Å². The Morgan fingerprint density at radius 3 is 3.12 bits per heavy atom. The van der Waals surface area contributed by atoms with E-state index in [2.05, 4.69) is 6.92 Å². The Labute approximate surface area is 101 Å². The standard InChI is InChI=1S/C13H17NO3/c1-2-11-5-3-6-12(9-11)16-10-13(15)14-7-4-8-17-14/h3,5-6,9H,2,4,7-8,10H2,1H3. The lowest BCUT2D eigenvalue weighted by Crippen LogP contribution is -2.31. The van der Waals surface area contributed by atoms with Gasteiger partial charge in [0.25, 0.3) is 5.91 Å². The zero-order valence-electron chi connectivity index (χ0n) is 10.0. The van der Waals surface area contributed by atoms with Crippen LogP contribution < -0.4 is 4.74 Å². The first-order valence-electron chi connectivity index (χ1n) is 5.94. The van der Waals surface area contributed by atoms with Crippen LogP contribution in [0.1, 0.15) is 18.9 Å². The van der Waals surface area contributed by atoms with Crippen molar-refractivity contribution >= 4 is 5.91 Å². The molecule has 92 valence electrons. The SMILES string of the molecule is CCc1cccc(OCC(=O)N2CCCO2)c1. The molecule has 0 aromatic heterocycles. The Morgan fingerprint density at radius 2 is 2.41 bits per heavy atom. The topological polar surface area (TPSA) is 38.8 Å². The van der Waals surface area contributed by atoms with Gasteiger partial charge in [0.05, 0.1) is 13.2 Å². The molecule has 1 aromatic carbocycles. The summed E-state index contributed by atoms with van der Waals surface area (Å²) in [7, 11) is 0. The number of hydrogen-bond acceptors (Lipinski definition) is 3. The van der Waals surface area contributed by atoms with Crippen LogP contribution in [0.5, 0.6) is 5.75 Å². The highest BCUT2D eigenvalue weighted by Crippen LogP contribution is 2.14. The van der Waals surface area contributed by atoms with Crippen LogP contribution in [0.15, 0.2) is 24.3 Å². The van der Waals surface area contributed by atoms with Gasteiger partial charge in [0, 0.05) is 0 Å². The lowest BCUT2D eigenvalue weighted by molar-refractivity contribution is -0.170. The Morgan fingerprint density at radius 1 is 1.53 bits per heavy atom. The molecule has 0 spiro atoms. The number of amides is 1. The summed E-state index contributed by atoms with van der Waals surface area (Å²) < 4.78 is 5.45. The molecule has 1 aliphatic rings. The number of ether oxygens (including phenoxy) is 1. The number of rotatable bonds is 4. The molecule has 0 saturated carbocycles. The average Bonchev–Trinajstić information content (AvgIpc) is 2.90. The molecule has 0 atom stereocenters. The monoisotopic (exact) mass is 235 g/mol. The first kappa shape index (κ1) is 11.9. The Hall–Kier alpha value is -1.55. The lowest BCUT2D eigenvalue weighted by Gasteiger charge is -2.14. The second kappa shape index (κ2) is 5.68. The van der Waals surface area contributed by atoms with Crippen LogP contribution >= 0.6 is 0 Å². The third-order valence-corrected chi connectivity index (χ3v) is 2.70. The third-order valence-electron chi connectivity index (χ3n) is 2.70. The predicted molar refractivity (Wildman–Crippen MR) is 63.6 cm³/mol. The maximum Gasteiger partial charge on any atom is 0.283 e. The van der Waals surface area contributed by atoms with Gasteiger partial charge in [-0.2, -0.15) is 0 Å². The summed E-state index contributed by atoms with van der Waals surface area (Å²) >= 11 is 0. The Kier molecular flexibility index (Phi) is 3.98. The first-order valence-corrected chi connectivity index (χ1v) is 5.94. The van der Waals surface area contributed by atoms with Crippen LogP contribution in [-0.4, -0.2) is 30.7 Å². The van der Waals surface area contributed by atoms with Crippen LogP contribution in [0.3, 0.4) is 0 Å². The van der Waals surface area contributed by atoms with Gasteiger partial charge in [-0.1, -0.05) is 19.1 Å². The minimum absolute atomic E-state index is 0.0349. The van der Waals surface area contributed by atoms with Crippen molar-refractivity contribution in [3.63, 3.8) is 0 Å². The van der Waals surface area contributed by atoms with E-state index in [0.717, 1.165) is 18.6 Å². The summed E-state index contributed by atoms with van der Waals surface area (Å²) in [6.07, 6.45) is 1.86. The van der Waals surface area contributed by atoms with Crippen molar-refractivity contribution in [1.29, 1.82) is 0 Å². The summed E-state index contributed by atoms with van der Waals surface area (Å²) in [5, 5.41) is 1.38. The lowest BCUT2D eigenvalue weighted by atomic mass is 10.2. The van der Waals surface area contributed by atoms with Crippen LogP contribution in [0.4, 0.5) is 0 Å². The van der Waals surface area contributed by atoms with Crippen molar-refractivity contribution in [2.45, 2.75) is 19.8 Å². The molecule has 1 fully saturated rings. The van der Waals surface area contributed by atoms with Crippen molar-refractivity contribution in [3.05, 3.63) is 29.8 Å². The average molecular weight is 235 g/mol. The van der Waals surface area contributed by atoms with E-state index in [1.807, 2.05) is 24.3 Å². The molecule has 17 heavy (non-hydrogen) atoms. The van der Waals surface area contributed by atoms with E-state index in [0.29, 0.717) is 13.2 Å². The van der Waals surface area contributed by atoms with E-state index in [1.54, 1.807) is 0 Å². The molecule has 2 rings (SSSR count). The third kappa shape index (κ3) is 3.20. The second-order valence-electron chi connectivity index (χ2n) is 3.97. The molecule has 0 unspecified atom stereocenters. The van der Waals surface area contributed by atoms with Gasteiger partial charge in [0.1, 0.15) is 5.75 Å². The molecular formula is C13H17NO3. The zero-order chi connectivity index (χ0) is 12.1. The number of carbonyl (C=O) groups is 1. The summed E-state index contributed by atoms with van der Waals surface area (Å²) in [5.41, 5.74) is 1.20. The summed E-state index contributed by atoms with van der Waals surface area (Å²) in [4.78, 5) is 16.8. The Balaban J connectivity index is 1.86. The van der Waals surface area contributed by atoms with Gasteiger partial charge in [-0.25, -0.2) is 5.06 Å². The van der Waals surface area contributed by atoms with Gasteiger partial charge in [-0.05, 0) is 30.5 Å². The molecule has 1 amide bonds. The molecule has 1 aliphatic heterocycles. The van der Waals surface area contributed by atoms with E-state index >= 15 is 0 Å². The van der Waals surface area contributed by atoms with Gasteiger partial charge in [0.15, 0.2) is 6.61 Å². The smallest absolute Gasteiger partial charge is 0.283 e. The van der Waals surface area contributed by atoms with Crippen LogP contribution in [0.2, 0.25) is 0 Å². The molecule has 1 aromatic rings. The number of aryl methyl sites for hydroxylation is 1. The minimum Gasteiger partial charge on any atom is -0.484 e. The fourth-order valence-electron chi connectivity index (χ4n) is 1.72. The highest BCUT2D eigenvalue weighted by molar-refractivity contribution is 5.76. The zero-order valence-corrected chi connectivity index (χ0v) is 10.0. The van der Waals surface area contributed by atoms with Crippen LogP contribution in [-0.2, 0) is 16.1 Å². The van der Waals surface area contributed by atoms with Gasteiger partial charge in [-0.15, -0.1) is 0 Å². The van der Waals surface area contributed by atoms with Crippen LogP contribution in [0.25, 0.3) is 0 Å². The molecule has 0 aliphatic carbocycles. The fraction of sp³-hybridized carbons (Fsp3) is 0.462. The molecular weight excluding hydrogens is 218 g/mol. The normalized spacial score (nSPS) is 15.0. The summed E-state index contributed by atoms with van der Waals surface area (Å²) in [6, 6.07) is 7.79. The van der Waals surface area contributed by atoms with Crippen molar-refractivity contribution < 1.29 is 14.4 Å². The van der Waals surface area contributed by atoms with Gasteiger partial charge in [-0.3, -0.25) is 9.63 Å². The highest BCUT2D eigenvalue weighted by atomic mass is 16.7. The van der Waals surface area contributed by atoms with E-state index in [4.69, 9.17) is 9.57 Å². The number of carbonyl (C=O) groups excluding carboxylic acids is 1. The van der Waals surface area contributed by atoms with E-state index in [1.165, 1.54) is 10.6 Å². The fourth-order valence-corrected chi connectivity index (χ4v) is 1.72. The molecule has 4 heteroatoms. The van der Waals surface area contributed by atoms with Crippen molar-refractivity contribution in [2.75, 3.05) is 19.8 Å². The quantitative estimate of drug-likeness (QED) is 0.798. The number of benzene rings is 1. The Bertz CT molecular complexity index is 386. The van der Waals surface area contributed by atoms with Crippen molar-refractivity contribution in [2.24, 2.45) is 0 Å². The van der Waals surface area contributed by atoms with Crippen LogP contribution in [0, 0.1) is 0 Å². The van der Waals surface area contributed by atoms with Gasteiger partial charge < -0.3 is 4.74 Å². The molecule has 1 heterocycles. The number of nitrogens with zero attached hydrogens (tertiary/aromatic N) is 1. The van der Waals surface area contributed by atoms with E-state index in [9.17, 15) is 4.79 Å². The maximum absolute atomic E-state index is 11.6. The first-order chi connectivity index (χ1) is 8.29. The minimum atomic E-state index is -0.121. The van der Waals surface area contributed by atoms with Crippen molar-refractivity contribution in [3.8, 4) is 5.75 Å². The molecule has 1 saturated heterocycles. The molecule has 0 N–H and O–H groups in total. The summed E-state index contributed by atoms with van der Waals surface area (Å²) in [6.45, 7) is 3.41. The molecule has 0 bridgehead atoms. The summed E-state index contributed by atoms with van der Waals surface area (Å²) in [5.74, 6) is 0.612. The second-order valence-corrected chi connectivity index (χ2v) is 3.97. The molecule has 0 radical (unpaired) electrons. The number of hydrogen-bond donors (Lipinski definition) is 0. The largest absolute Gasteiger partial charge is 0.484 e. The van der Waals surface area contributed by atoms with Gasteiger partial charge >= 0.3 is 0 Å². The van der Waals surface area contributed by atoms with Crippen molar-refractivity contribution in [1.82, 2.24) is 5.06 Å². The van der Waals surface area contributed by atoms with E-state index in [-0.39, 0.29) is 12.5 Å². The molecule has 4 nitrogen and oxygen atoms in total. The van der Waals surface area contributed by atoms with E-state index < -0.39 is 0 Å².